The monoisotopic (exact) mass is 1630 g/mol. The topological polar surface area (TPSA) is 632 Å². The van der Waals surface area contributed by atoms with E-state index in [4.69, 9.17) is 34.4 Å². The third-order valence-corrected chi connectivity index (χ3v) is 20.9. The van der Waals surface area contributed by atoms with Crippen LogP contribution in [0.5, 0.6) is 0 Å². The van der Waals surface area contributed by atoms with Gasteiger partial charge in [0.1, 0.15) is 66.5 Å². The molecule has 27 N–H and O–H groups in total. The number of carbonyl (C=O) groups excluding carboxylic acids is 14. The number of amides is 14. The van der Waals surface area contributed by atoms with Gasteiger partial charge in [0, 0.05) is 55.1 Å². The van der Waals surface area contributed by atoms with E-state index in [1.165, 1.54) is 35.3 Å². The maximum atomic E-state index is 15.7. The first-order valence-corrected chi connectivity index (χ1v) is 40.4. The van der Waals surface area contributed by atoms with Crippen LogP contribution in [0.15, 0.2) is 71.6 Å². The second-order valence-corrected chi connectivity index (χ2v) is 30.1. The number of hydrogen-bond donors (Lipinski definition) is 21. The second kappa shape index (κ2) is 46.4. The van der Waals surface area contributed by atoms with Crippen LogP contribution in [0.3, 0.4) is 0 Å². The largest absolute Gasteiger partial charge is 0.481 e. The van der Waals surface area contributed by atoms with Crippen molar-refractivity contribution in [1.82, 2.24) is 74.0 Å². The minimum atomic E-state index is -1.93. The third kappa shape index (κ3) is 28.7. The van der Waals surface area contributed by atoms with Crippen molar-refractivity contribution in [3.05, 3.63) is 77.8 Å². The van der Waals surface area contributed by atoms with E-state index in [1.54, 1.807) is 81.9 Å². The number of nitrogens with zero attached hydrogens (tertiary/aromatic N) is 3. The number of hydrazine groups is 2. The van der Waals surface area contributed by atoms with Crippen LogP contribution in [-0.2, 0) is 84.8 Å². The van der Waals surface area contributed by atoms with Gasteiger partial charge in [-0.2, -0.15) is 23.5 Å². The highest BCUT2D eigenvalue weighted by Gasteiger charge is 2.47. The molecule has 2 aliphatic heterocycles. The zero-order chi connectivity index (χ0) is 84.6. The summed E-state index contributed by atoms with van der Waals surface area (Å²) in [6.45, 7) is 8.69. The highest BCUT2D eigenvalue weighted by atomic mass is 32.2. The molecule has 2 aliphatic rings. The number of fused-ring (bicyclic) bond motifs is 1. The van der Waals surface area contributed by atoms with Crippen LogP contribution in [0.2, 0.25) is 0 Å². The second-order valence-electron chi connectivity index (χ2n) is 28.1. The van der Waals surface area contributed by atoms with Crippen molar-refractivity contribution >= 4 is 135 Å². The number of benzene rings is 2. The van der Waals surface area contributed by atoms with Crippen molar-refractivity contribution in [2.45, 2.75) is 198 Å². The van der Waals surface area contributed by atoms with E-state index < -0.39 is 211 Å². The molecule has 1 unspecified atom stereocenters. The van der Waals surface area contributed by atoms with Crippen molar-refractivity contribution in [2.75, 3.05) is 48.7 Å². The standard InChI is InChI=1S/C73H112N22O17S2/c1-9-37(4)59(90-63(103)45(74)16-14-26-80-73(78)79)71(111)88-51(31-56(75)97)67(107)86-52(32-57(76)98)68(108)91-60(38(5)10-2)72(112)94-34-42(53-35-95(93-92-53)43-20-18-40(11-3)19-21-43)30-55(94)70(110)87-50(29-41-33-81-46-17-13-12-15-44(41)46)66(106)89-54(36-96)69(109)85-48(22-23-58(99)100)64(104)82-39(6)62(102)84-49(25-28-114-8)65(105)83-47(61(77)101)24-27-113-7/h12-13,15,17-21,33,35,37-39,42,45,47-52,54-55,59-60,81,92-93,96H,9-11,14,16,22-32,34,36,74H2,1-8H3,(H2,75,97)(H2,76,98)(H2,77,101)(H,82,104)(H,83,105)(H,84,102)(H,85,109)(H,86,107)(H,87,110)(H,88,111)(H,89,106)(H,90,103)(H,91,108)(H,99,100)(H4,78,79,80)/t37-,38-,39-,42?,45-,47-,48-,49-,50-,51-,52-,54-,55-,59-,60-/m0/s1. The zero-order valence-electron chi connectivity index (χ0n) is 65.3. The first-order valence-electron chi connectivity index (χ1n) is 37.6. The van der Waals surface area contributed by atoms with Crippen LogP contribution < -0.4 is 104 Å². The number of aliphatic carboxylic acids is 1. The van der Waals surface area contributed by atoms with Crippen LogP contribution >= 0.6 is 23.5 Å². The minimum Gasteiger partial charge on any atom is -0.481 e. The number of thioether (sulfide) groups is 2. The van der Waals surface area contributed by atoms with Gasteiger partial charge in [-0.15, -0.1) is 5.53 Å². The molecule has 5 rings (SSSR count). The molecule has 114 heavy (non-hydrogen) atoms. The lowest BCUT2D eigenvalue weighted by molar-refractivity contribution is -0.144. The number of aryl methyl sites for hydroxylation is 1. The highest BCUT2D eigenvalue weighted by molar-refractivity contribution is 7.98. The van der Waals surface area contributed by atoms with Gasteiger partial charge in [0.05, 0.1) is 36.9 Å². The van der Waals surface area contributed by atoms with E-state index in [2.05, 4.69) is 74.1 Å². The summed E-state index contributed by atoms with van der Waals surface area (Å²) in [6.07, 6.45) is 5.29. The molecule has 0 radical (unpaired) electrons. The van der Waals surface area contributed by atoms with Gasteiger partial charge in [-0.1, -0.05) is 77.8 Å². The highest BCUT2D eigenvalue weighted by Crippen LogP contribution is 2.33. The van der Waals surface area contributed by atoms with E-state index in [0.29, 0.717) is 52.2 Å². The number of carboxylic acids is 1. The number of carboxylic acid groups (broad SMARTS) is 1. The smallest absolute Gasteiger partial charge is 0.303 e. The van der Waals surface area contributed by atoms with Crippen molar-refractivity contribution in [2.24, 2.45) is 57.1 Å². The van der Waals surface area contributed by atoms with Crippen LogP contribution in [0.4, 0.5) is 5.69 Å². The SMILES string of the molecule is CCc1ccc(N2C=C(C3C[C@@H](C(=O)N[C@@H](Cc4c[nH]c5ccccc45)C(=O)N[C@@H](CO)C(=O)N[C@@H](CCC(=O)O)C(=O)N[C@@H](C)C(=O)N[C@@H](CCSC)C(=O)N[C@@H](CCSC)C(N)=O)N(C(=O)[C@@H](NC(=O)[C@H](CC(N)=O)NC(=O)[C@H](CC(N)=O)NC(=O)[C@@H](NC(=O)[C@@H](N)CCCN=C(N)N)[C@@H](C)CC)[C@@H](C)CC)C3)NN2)cc1. The molecule has 15 atom stereocenters. The van der Waals surface area contributed by atoms with Gasteiger partial charge in [0.2, 0.25) is 82.7 Å². The Hall–Kier alpha value is -10.8. The molecule has 14 amide bonds. The summed E-state index contributed by atoms with van der Waals surface area (Å²) in [5.41, 5.74) is 43.3. The van der Waals surface area contributed by atoms with Gasteiger partial charge in [0.25, 0.3) is 0 Å². The summed E-state index contributed by atoms with van der Waals surface area (Å²) in [6, 6.07) is -3.77. The molecule has 1 saturated heterocycles. The fraction of sp³-hybridized carbons (Fsp3) is 0.562. The third-order valence-electron chi connectivity index (χ3n) is 19.6. The van der Waals surface area contributed by atoms with E-state index in [9.17, 15) is 67.7 Å². The number of rotatable bonds is 49. The number of aromatic amines is 1. The molecular weight excluding hydrogens is 1520 g/mol. The molecule has 0 bridgehead atoms. The number of nitrogens with two attached hydrogens (primary N) is 6. The predicted molar refractivity (Wildman–Crippen MR) is 427 cm³/mol. The lowest BCUT2D eigenvalue weighted by Gasteiger charge is -2.33. The summed E-state index contributed by atoms with van der Waals surface area (Å²) < 4.78 is 0. The molecule has 0 aliphatic carbocycles. The van der Waals surface area contributed by atoms with Crippen LogP contribution in [0.25, 0.3) is 10.9 Å². The number of carbonyl (C=O) groups is 15. The average molecular weight is 1630 g/mol. The number of H-pyrrole nitrogens is 1. The van der Waals surface area contributed by atoms with Gasteiger partial charge in [-0.25, -0.2) is 0 Å². The predicted octanol–water partition coefficient (Wildman–Crippen LogP) is -4.20. The Morgan fingerprint density at radius 1 is 0.596 bits per heavy atom. The van der Waals surface area contributed by atoms with Gasteiger partial charge in [-0.05, 0) is 117 Å². The summed E-state index contributed by atoms with van der Waals surface area (Å²) in [4.78, 5) is 216. The first kappa shape index (κ1) is 93.8. The zero-order valence-corrected chi connectivity index (χ0v) is 66.9. The normalized spacial score (nSPS) is 17.2. The molecule has 628 valence electrons. The molecule has 1 fully saturated rings. The summed E-state index contributed by atoms with van der Waals surface area (Å²) >= 11 is 2.78. The molecule has 2 aromatic carbocycles. The number of aliphatic hydroxyl groups is 1. The van der Waals surface area contributed by atoms with Crippen LogP contribution in [0.1, 0.15) is 123 Å². The molecule has 39 nitrogen and oxygen atoms in total. The number of aliphatic hydroxyl groups excluding tert-OH is 1. The summed E-state index contributed by atoms with van der Waals surface area (Å²) in [5, 5.41) is 48.0. The molecule has 3 aromatic rings. The molecule has 1 aromatic heterocycles. The van der Waals surface area contributed by atoms with E-state index in [1.807, 2.05) is 31.2 Å². The fourth-order valence-corrected chi connectivity index (χ4v) is 13.4. The summed E-state index contributed by atoms with van der Waals surface area (Å²) in [7, 11) is 0. The van der Waals surface area contributed by atoms with Crippen LogP contribution in [0, 0.1) is 17.8 Å². The molecule has 3 heterocycles. The number of primary amides is 3. The Bertz CT molecular complexity index is 3940. The number of hydrogen-bond acceptors (Lipinski definition) is 23. The van der Waals surface area contributed by atoms with Crippen molar-refractivity contribution in [3.8, 4) is 0 Å². The lowest BCUT2D eigenvalue weighted by atomic mass is 9.96. The number of para-hydroxylation sites is 1. The molecule has 41 heteroatoms. The fourth-order valence-electron chi connectivity index (χ4n) is 12.5. The van der Waals surface area contributed by atoms with Gasteiger partial charge >= 0.3 is 5.97 Å². The number of aliphatic imine (C=N–C) groups is 1. The number of anilines is 1. The molecular formula is C73H112N22O17S2. The van der Waals surface area contributed by atoms with Crippen molar-refractivity contribution in [1.29, 1.82) is 0 Å². The maximum absolute atomic E-state index is 15.7. The van der Waals surface area contributed by atoms with Gasteiger partial charge < -0.3 is 113 Å². The Morgan fingerprint density at radius 2 is 1.12 bits per heavy atom. The Kier molecular flexibility index (Phi) is 38.2. The summed E-state index contributed by atoms with van der Waals surface area (Å²) in [5.74, 6) is -16.7. The van der Waals surface area contributed by atoms with Gasteiger partial charge in [-0.3, -0.25) is 81.9 Å². The first-order chi connectivity index (χ1) is 54.1. The van der Waals surface area contributed by atoms with Crippen LogP contribution in [-0.4, -0.2) is 231 Å². The number of aromatic nitrogens is 1. The quantitative estimate of drug-likeness (QED) is 0.0145. The molecule has 0 saturated carbocycles. The number of guanidine groups is 1. The van der Waals surface area contributed by atoms with Crippen molar-refractivity contribution in [3.63, 3.8) is 0 Å². The van der Waals surface area contributed by atoms with Gasteiger partial charge in [0.15, 0.2) is 5.96 Å². The minimum absolute atomic E-state index is 0.0918. The Balaban J connectivity index is 1.48. The van der Waals surface area contributed by atoms with Crippen molar-refractivity contribution < 1.29 is 82.1 Å². The van der Waals surface area contributed by atoms with E-state index >= 15 is 14.4 Å². The van der Waals surface area contributed by atoms with E-state index in [-0.39, 0.29) is 57.6 Å². The number of nitrogens with one attached hydrogen (secondary N) is 13. The maximum Gasteiger partial charge on any atom is 0.303 e. The number of likely N-dealkylation sites (tertiary alicyclic amines) is 1. The molecule has 0 spiro atoms. The lowest BCUT2D eigenvalue weighted by Crippen LogP contribution is -2.62. The Morgan fingerprint density at radius 3 is 1.71 bits per heavy atom. The van der Waals surface area contributed by atoms with E-state index in [0.717, 1.165) is 12.0 Å². The average Bonchev–Trinajstić information content (AvgIpc) is 1.63. The Labute approximate surface area is 668 Å².